The van der Waals surface area contributed by atoms with E-state index in [9.17, 15) is 19.5 Å². The maximum atomic E-state index is 13.7. The van der Waals surface area contributed by atoms with E-state index in [1.165, 1.54) is 23.4 Å². The molecule has 1 unspecified atom stereocenters. The number of nitrogens with zero attached hydrogens (tertiary/aromatic N) is 2. The highest BCUT2D eigenvalue weighted by Gasteiger charge is 2.45. The minimum Gasteiger partial charge on any atom is -0.503 e. The minimum atomic E-state index is -0.987. The van der Waals surface area contributed by atoms with Crippen molar-refractivity contribution in [3.05, 3.63) is 106 Å². The van der Waals surface area contributed by atoms with Gasteiger partial charge < -0.3 is 14.3 Å². The van der Waals surface area contributed by atoms with Crippen LogP contribution in [0.5, 0.6) is 0 Å². The van der Waals surface area contributed by atoms with Crippen LogP contribution in [0.25, 0.3) is 11.0 Å². The summed E-state index contributed by atoms with van der Waals surface area (Å²) in [5.74, 6) is -2.66. The zero-order valence-electron chi connectivity index (χ0n) is 19.8. The topological polar surface area (TPSA) is 110 Å². The number of amides is 1. The Balaban J connectivity index is 1.61. The molecule has 1 aliphatic heterocycles. The van der Waals surface area contributed by atoms with Crippen LogP contribution in [0.1, 0.15) is 46.4 Å². The first-order valence-corrected chi connectivity index (χ1v) is 12.3. The van der Waals surface area contributed by atoms with Gasteiger partial charge in [0.25, 0.3) is 5.91 Å². The summed E-state index contributed by atoms with van der Waals surface area (Å²) in [6, 6.07) is 15.5. The van der Waals surface area contributed by atoms with Crippen molar-refractivity contribution in [2.24, 2.45) is 0 Å². The van der Waals surface area contributed by atoms with Crippen LogP contribution in [0.15, 0.2) is 93.3 Å². The Bertz CT molecular complexity index is 1570. The van der Waals surface area contributed by atoms with Crippen LogP contribution in [-0.2, 0) is 9.53 Å². The molecule has 0 radical (unpaired) electrons. The smallest absolute Gasteiger partial charge is 0.338 e. The molecule has 1 N–H and O–H groups in total. The van der Waals surface area contributed by atoms with E-state index in [1.807, 2.05) is 0 Å². The van der Waals surface area contributed by atoms with Gasteiger partial charge in [-0.25, -0.2) is 4.79 Å². The van der Waals surface area contributed by atoms with Gasteiger partial charge in [-0.1, -0.05) is 22.0 Å². The predicted molar refractivity (Wildman–Crippen MR) is 139 cm³/mol. The average Bonchev–Trinajstić information content (AvgIpc) is 3.42. The number of benzene rings is 2. The van der Waals surface area contributed by atoms with E-state index in [4.69, 9.17) is 9.15 Å². The highest BCUT2D eigenvalue weighted by atomic mass is 79.9. The fourth-order valence-electron chi connectivity index (χ4n) is 4.29. The van der Waals surface area contributed by atoms with E-state index in [-0.39, 0.29) is 23.0 Å². The average molecular weight is 561 g/mol. The van der Waals surface area contributed by atoms with Crippen molar-refractivity contribution in [3.63, 3.8) is 0 Å². The number of aliphatic hydroxyl groups is 1. The number of ketones is 1. The Morgan fingerprint density at radius 3 is 2.57 bits per heavy atom. The molecule has 3 heterocycles. The molecule has 186 valence electrons. The molecule has 1 aliphatic rings. The maximum Gasteiger partial charge on any atom is 0.338 e. The monoisotopic (exact) mass is 560 g/mol. The van der Waals surface area contributed by atoms with Crippen LogP contribution >= 0.6 is 15.9 Å². The molecule has 0 saturated carbocycles. The van der Waals surface area contributed by atoms with E-state index in [2.05, 4.69) is 20.9 Å². The van der Waals surface area contributed by atoms with Crippen molar-refractivity contribution in [2.45, 2.75) is 26.0 Å². The first-order valence-electron chi connectivity index (χ1n) is 11.5. The Hall–Kier alpha value is -4.24. The first kappa shape index (κ1) is 24.5. The highest BCUT2D eigenvalue weighted by molar-refractivity contribution is 9.10. The third-order valence-corrected chi connectivity index (χ3v) is 6.37. The summed E-state index contributed by atoms with van der Waals surface area (Å²) >= 11 is 3.40. The van der Waals surface area contributed by atoms with Crippen molar-refractivity contribution >= 4 is 50.2 Å². The summed E-state index contributed by atoms with van der Waals surface area (Å²) in [5.41, 5.74) is 1.45. The number of anilines is 1. The summed E-state index contributed by atoms with van der Waals surface area (Å²) in [5, 5.41) is 11.7. The molecule has 8 nitrogen and oxygen atoms in total. The minimum absolute atomic E-state index is 0.0161. The Morgan fingerprint density at radius 2 is 1.84 bits per heavy atom. The number of rotatable bonds is 6. The molecule has 0 saturated heterocycles. The summed E-state index contributed by atoms with van der Waals surface area (Å²) in [4.78, 5) is 45.0. The summed E-state index contributed by atoms with van der Waals surface area (Å²) < 4.78 is 11.9. The number of esters is 1. The van der Waals surface area contributed by atoms with Gasteiger partial charge in [-0.3, -0.25) is 19.5 Å². The second kappa shape index (κ2) is 9.67. The van der Waals surface area contributed by atoms with E-state index in [1.54, 1.807) is 68.4 Å². The Morgan fingerprint density at radius 1 is 1.08 bits per heavy atom. The predicted octanol–water partition coefficient (Wildman–Crippen LogP) is 5.94. The van der Waals surface area contributed by atoms with Crippen LogP contribution in [0.4, 0.5) is 5.69 Å². The number of fused-ring (bicyclic) bond motifs is 1. The molecule has 37 heavy (non-hydrogen) atoms. The maximum absolute atomic E-state index is 13.7. The highest BCUT2D eigenvalue weighted by Crippen LogP contribution is 2.42. The zero-order valence-corrected chi connectivity index (χ0v) is 21.4. The third kappa shape index (κ3) is 4.53. The molecule has 2 aromatic heterocycles. The summed E-state index contributed by atoms with van der Waals surface area (Å²) in [7, 11) is 0. The van der Waals surface area contributed by atoms with Gasteiger partial charge in [-0.05, 0) is 74.0 Å². The zero-order chi connectivity index (χ0) is 26.3. The molecule has 0 fully saturated rings. The van der Waals surface area contributed by atoms with Gasteiger partial charge >= 0.3 is 5.97 Å². The number of aromatic nitrogens is 1. The number of aliphatic hydroxyl groups excluding tert-OH is 1. The van der Waals surface area contributed by atoms with Crippen LogP contribution in [0.3, 0.4) is 0 Å². The van der Waals surface area contributed by atoms with Gasteiger partial charge in [-0.2, -0.15) is 0 Å². The molecule has 1 atom stereocenters. The molecule has 9 heteroatoms. The van der Waals surface area contributed by atoms with Crippen LogP contribution in [0, 0.1) is 0 Å². The first-order chi connectivity index (χ1) is 17.7. The molecule has 5 rings (SSSR count). The number of pyridine rings is 1. The van der Waals surface area contributed by atoms with Gasteiger partial charge in [0.15, 0.2) is 11.5 Å². The fraction of sp³-hybridized carbons (Fsp3) is 0.143. The number of carbonyl (C=O) groups is 3. The van der Waals surface area contributed by atoms with E-state index >= 15 is 0 Å². The molecule has 0 aliphatic carbocycles. The normalized spacial score (nSPS) is 15.6. The summed E-state index contributed by atoms with van der Waals surface area (Å²) in [6.45, 7) is 3.48. The van der Waals surface area contributed by atoms with Gasteiger partial charge in [0.05, 0.1) is 23.3 Å². The largest absolute Gasteiger partial charge is 0.503 e. The number of furan rings is 1. The van der Waals surface area contributed by atoms with Crippen LogP contribution in [0.2, 0.25) is 0 Å². The number of hydrogen-bond acceptors (Lipinski definition) is 7. The number of halogens is 1. The second-order valence-electron chi connectivity index (χ2n) is 8.75. The molecule has 2 aromatic carbocycles. The molecular formula is C28H21BrN2O6. The van der Waals surface area contributed by atoms with E-state index < -0.39 is 29.5 Å². The third-order valence-electron chi connectivity index (χ3n) is 5.88. The lowest BCUT2D eigenvalue weighted by molar-refractivity contribution is -0.117. The van der Waals surface area contributed by atoms with Crippen molar-refractivity contribution in [1.82, 2.24) is 4.98 Å². The van der Waals surface area contributed by atoms with Crippen molar-refractivity contribution in [3.8, 4) is 0 Å². The summed E-state index contributed by atoms with van der Waals surface area (Å²) in [6.07, 6.45) is 2.74. The molecule has 0 spiro atoms. The Kier molecular flexibility index (Phi) is 6.39. The number of Topliss-reactive ketones (excluding diaryl/α,β-unsaturated/α-hetero) is 1. The lowest BCUT2D eigenvalue weighted by Crippen LogP contribution is -2.31. The van der Waals surface area contributed by atoms with Crippen molar-refractivity contribution < 1.29 is 28.6 Å². The van der Waals surface area contributed by atoms with E-state index in [0.29, 0.717) is 22.2 Å². The fourth-order valence-corrected chi connectivity index (χ4v) is 4.67. The number of ether oxygens (including phenoxy) is 1. The Labute approximate surface area is 220 Å². The van der Waals surface area contributed by atoms with Gasteiger partial charge in [-0.15, -0.1) is 0 Å². The van der Waals surface area contributed by atoms with Gasteiger partial charge in [0.1, 0.15) is 5.58 Å². The standard InChI is InChI=1S/C28H21BrN2O6/c1-15(2)36-28(35)17-4-3-5-20(13-17)31-24(16-8-10-30-11-9-16)23(26(33)27(31)34)25(32)22-14-18-12-19(29)6-7-21(18)37-22/h3-15,24,33H,1-2H3. The van der Waals surface area contributed by atoms with Crippen molar-refractivity contribution in [1.29, 1.82) is 0 Å². The quantitative estimate of drug-likeness (QED) is 0.229. The van der Waals surface area contributed by atoms with Gasteiger partial charge in [0.2, 0.25) is 5.78 Å². The number of carbonyl (C=O) groups excluding carboxylic acids is 3. The second-order valence-corrected chi connectivity index (χ2v) is 9.66. The van der Waals surface area contributed by atoms with E-state index in [0.717, 1.165) is 4.47 Å². The van der Waals surface area contributed by atoms with Crippen LogP contribution in [-0.4, -0.2) is 33.9 Å². The van der Waals surface area contributed by atoms with Crippen LogP contribution < -0.4 is 4.90 Å². The van der Waals surface area contributed by atoms with Crippen molar-refractivity contribution in [2.75, 3.05) is 4.90 Å². The molecular weight excluding hydrogens is 540 g/mol. The van der Waals surface area contributed by atoms with Gasteiger partial charge in [0, 0.05) is 27.9 Å². The molecule has 4 aromatic rings. The molecule has 1 amide bonds. The SMILES string of the molecule is CC(C)OC(=O)c1cccc(N2C(=O)C(O)=C(C(=O)c3cc4cc(Br)ccc4o3)C2c2ccncc2)c1. The molecule has 0 bridgehead atoms. The lowest BCUT2D eigenvalue weighted by atomic mass is 9.95. The number of hydrogen-bond donors (Lipinski definition) is 1. The lowest BCUT2D eigenvalue weighted by Gasteiger charge is -2.27.